The lowest BCUT2D eigenvalue weighted by atomic mass is 9.96. The molecule has 2 N–H and O–H groups in total. The fourth-order valence-electron chi connectivity index (χ4n) is 6.06. The van der Waals surface area contributed by atoms with Crippen LogP contribution in [-0.2, 0) is 13.0 Å². The van der Waals surface area contributed by atoms with E-state index in [9.17, 15) is 9.59 Å². The molecule has 3 aromatic carbocycles. The van der Waals surface area contributed by atoms with Crippen LogP contribution in [0.4, 0.5) is 15.3 Å². The number of rotatable bonds is 12. The van der Waals surface area contributed by atoms with Crippen molar-refractivity contribution >= 4 is 28.9 Å². The van der Waals surface area contributed by atoms with Crippen molar-refractivity contribution < 1.29 is 19.4 Å². The van der Waals surface area contributed by atoms with Crippen LogP contribution in [0.25, 0.3) is 22.2 Å². The second kappa shape index (κ2) is 14.9. The number of aromatic nitrogens is 2. The molecule has 2 amide bonds. The Balaban J connectivity index is 1.45. The van der Waals surface area contributed by atoms with Crippen molar-refractivity contribution in [3.8, 4) is 16.9 Å². The number of urea groups is 1. The predicted molar refractivity (Wildman–Crippen MR) is 176 cm³/mol. The van der Waals surface area contributed by atoms with Gasteiger partial charge >= 0.3 is 12.2 Å². The molecule has 0 radical (unpaired) electrons. The van der Waals surface area contributed by atoms with E-state index in [1.807, 2.05) is 41.3 Å². The number of unbranched alkanes of at least 4 members (excludes halogenated alkanes) is 2. The number of carbonyl (C=O) groups is 2. The Labute approximate surface area is 260 Å². The summed E-state index contributed by atoms with van der Waals surface area (Å²) >= 11 is 0. The number of fused-ring (bicyclic) bond motifs is 1. The number of carboxylic acid groups (broad SMARTS) is 1. The first kappa shape index (κ1) is 31.1. The highest BCUT2D eigenvalue weighted by molar-refractivity contribution is 5.94. The summed E-state index contributed by atoms with van der Waals surface area (Å²) in [6.07, 6.45) is 9.32. The minimum absolute atomic E-state index is 0.00952. The maximum Gasteiger partial charge on any atom is 0.511 e. The van der Waals surface area contributed by atoms with E-state index in [0.717, 1.165) is 84.2 Å². The molecule has 0 spiro atoms. The smallest absolute Gasteiger partial charge is 0.449 e. The molecule has 1 aliphatic rings. The number of benzene rings is 3. The van der Waals surface area contributed by atoms with E-state index in [1.165, 1.54) is 19.3 Å². The number of para-hydroxylation sites is 1. The summed E-state index contributed by atoms with van der Waals surface area (Å²) in [6, 6.07) is 21.7. The van der Waals surface area contributed by atoms with Gasteiger partial charge in [-0.3, -0.25) is 4.90 Å². The van der Waals surface area contributed by atoms with Gasteiger partial charge in [0.25, 0.3) is 0 Å². The quantitative estimate of drug-likeness (QED) is 0.126. The number of hydrogen-bond acceptors (Lipinski definition) is 4. The summed E-state index contributed by atoms with van der Waals surface area (Å²) in [4.78, 5) is 31.7. The third-order valence-electron chi connectivity index (χ3n) is 8.48. The minimum atomic E-state index is -1.33. The number of ether oxygens (including phenoxy) is 1. The molecule has 0 atom stereocenters. The molecule has 1 aliphatic carbocycles. The number of imidazole rings is 1. The highest BCUT2D eigenvalue weighted by Gasteiger charge is 2.22. The largest absolute Gasteiger partial charge is 0.511 e. The number of hydrogen-bond donors (Lipinski definition) is 2. The van der Waals surface area contributed by atoms with E-state index in [4.69, 9.17) is 14.8 Å². The standard InChI is InChI=1S/C36H44N4O4/c1-3-5-16-34-38-31-22-21-29(39(23-6-4-2)35(41)37-28-12-8-7-9-13-28)24-32(31)40(34)25-26-17-19-27(20-18-26)30-14-10-11-15-33(30)44-36(42)43/h10-11,14-15,17-22,24,28H,3-9,12-13,16,23,25H2,1-2H3,(H,37,41)(H,42,43). The zero-order valence-electron chi connectivity index (χ0n) is 25.9. The SMILES string of the molecule is CCCCc1nc2ccc(N(CCCC)C(=O)NC3CCCCC3)cc2n1Cc1ccc(-c2ccccc2OC(=O)O)cc1. The average Bonchev–Trinajstić information content (AvgIpc) is 3.37. The summed E-state index contributed by atoms with van der Waals surface area (Å²) in [5.41, 5.74) is 5.55. The summed E-state index contributed by atoms with van der Waals surface area (Å²) < 4.78 is 7.28. The number of carbonyl (C=O) groups excluding carboxylic acids is 1. The highest BCUT2D eigenvalue weighted by atomic mass is 16.7. The maximum atomic E-state index is 13.6. The van der Waals surface area contributed by atoms with Gasteiger partial charge < -0.3 is 19.7 Å². The van der Waals surface area contributed by atoms with Crippen molar-refractivity contribution in [2.45, 2.75) is 90.6 Å². The molecular formula is C36H44N4O4. The lowest BCUT2D eigenvalue weighted by Gasteiger charge is -2.28. The molecule has 5 rings (SSSR count). The summed E-state index contributed by atoms with van der Waals surface area (Å²) in [6.45, 7) is 5.65. The van der Waals surface area contributed by atoms with Crippen LogP contribution in [0.1, 0.15) is 83.0 Å². The Kier molecular flexibility index (Phi) is 10.5. The van der Waals surface area contributed by atoms with Crippen molar-refractivity contribution in [2.75, 3.05) is 11.4 Å². The molecule has 0 unspecified atom stereocenters. The van der Waals surface area contributed by atoms with Crippen LogP contribution in [0.3, 0.4) is 0 Å². The zero-order valence-corrected chi connectivity index (χ0v) is 25.9. The lowest BCUT2D eigenvalue weighted by molar-refractivity contribution is 0.144. The van der Waals surface area contributed by atoms with Crippen molar-refractivity contribution in [2.24, 2.45) is 0 Å². The molecule has 0 aliphatic heterocycles. The number of amides is 2. The average molecular weight is 597 g/mol. The van der Waals surface area contributed by atoms with Gasteiger partial charge in [0, 0.05) is 36.8 Å². The molecule has 4 aromatic rings. The van der Waals surface area contributed by atoms with Gasteiger partial charge in [0.1, 0.15) is 11.6 Å². The Morgan fingerprint density at radius 3 is 2.45 bits per heavy atom. The third kappa shape index (κ3) is 7.59. The molecule has 44 heavy (non-hydrogen) atoms. The molecule has 0 bridgehead atoms. The number of nitrogens with one attached hydrogen (secondary N) is 1. The van der Waals surface area contributed by atoms with Crippen LogP contribution in [0, 0.1) is 0 Å². The van der Waals surface area contributed by atoms with E-state index in [-0.39, 0.29) is 12.1 Å². The van der Waals surface area contributed by atoms with E-state index in [1.54, 1.807) is 12.1 Å². The molecule has 1 heterocycles. The Hall–Kier alpha value is -4.33. The zero-order chi connectivity index (χ0) is 30.9. The first-order chi connectivity index (χ1) is 21.5. The van der Waals surface area contributed by atoms with Gasteiger partial charge in [-0.05, 0) is 61.1 Å². The van der Waals surface area contributed by atoms with Crippen LogP contribution in [0.15, 0.2) is 66.7 Å². The third-order valence-corrected chi connectivity index (χ3v) is 8.48. The van der Waals surface area contributed by atoms with Crippen LogP contribution in [-0.4, -0.2) is 39.4 Å². The van der Waals surface area contributed by atoms with Gasteiger partial charge in [-0.2, -0.15) is 0 Å². The van der Waals surface area contributed by atoms with Gasteiger partial charge in [-0.1, -0.05) is 88.4 Å². The van der Waals surface area contributed by atoms with Crippen molar-refractivity contribution in [1.82, 2.24) is 14.9 Å². The van der Waals surface area contributed by atoms with E-state index >= 15 is 0 Å². The molecule has 0 saturated heterocycles. The van der Waals surface area contributed by atoms with Crippen molar-refractivity contribution in [1.29, 1.82) is 0 Å². The Bertz CT molecular complexity index is 1560. The Morgan fingerprint density at radius 1 is 0.977 bits per heavy atom. The molecule has 8 heteroatoms. The van der Waals surface area contributed by atoms with E-state index < -0.39 is 6.16 Å². The van der Waals surface area contributed by atoms with Gasteiger partial charge in [-0.15, -0.1) is 0 Å². The van der Waals surface area contributed by atoms with Crippen LogP contribution < -0.4 is 15.0 Å². The van der Waals surface area contributed by atoms with Gasteiger partial charge in [0.2, 0.25) is 0 Å². The predicted octanol–water partition coefficient (Wildman–Crippen LogP) is 8.80. The normalized spacial score (nSPS) is 13.6. The summed E-state index contributed by atoms with van der Waals surface area (Å²) in [7, 11) is 0. The monoisotopic (exact) mass is 596 g/mol. The molecule has 8 nitrogen and oxygen atoms in total. The number of aryl methyl sites for hydroxylation is 1. The molecule has 1 fully saturated rings. The first-order valence-electron chi connectivity index (χ1n) is 16.1. The number of nitrogens with zero attached hydrogens (tertiary/aromatic N) is 3. The summed E-state index contributed by atoms with van der Waals surface area (Å²) in [5.74, 6) is 1.35. The van der Waals surface area contributed by atoms with Gasteiger partial charge in [0.15, 0.2) is 0 Å². The van der Waals surface area contributed by atoms with Crippen molar-refractivity contribution in [3.63, 3.8) is 0 Å². The van der Waals surface area contributed by atoms with Crippen LogP contribution >= 0.6 is 0 Å². The fourth-order valence-corrected chi connectivity index (χ4v) is 6.06. The topological polar surface area (TPSA) is 96.7 Å². The molecule has 1 aromatic heterocycles. The minimum Gasteiger partial charge on any atom is -0.449 e. The summed E-state index contributed by atoms with van der Waals surface area (Å²) in [5, 5.41) is 12.5. The highest BCUT2D eigenvalue weighted by Crippen LogP contribution is 2.31. The lowest BCUT2D eigenvalue weighted by Crippen LogP contribution is -2.46. The second-order valence-electron chi connectivity index (χ2n) is 11.7. The first-order valence-corrected chi connectivity index (χ1v) is 16.1. The van der Waals surface area contributed by atoms with E-state index in [0.29, 0.717) is 18.8 Å². The number of anilines is 1. The van der Waals surface area contributed by atoms with Crippen LogP contribution in [0.5, 0.6) is 5.75 Å². The Morgan fingerprint density at radius 2 is 1.73 bits per heavy atom. The van der Waals surface area contributed by atoms with Crippen LogP contribution in [0.2, 0.25) is 0 Å². The van der Waals surface area contributed by atoms with Gasteiger partial charge in [-0.25, -0.2) is 14.6 Å². The second-order valence-corrected chi connectivity index (χ2v) is 11.7. The maximum absolute atomic E-state index is 13.6. The van der Waals surface area contributed by atoms with Gasteiger partial charge in [0.05, 0.1) is 11.0 Å². The molecule has 232 valence electrons. The van der Waals surface area contributed by atoms with Crippen molar-refractivity contribution in [3.05, 3.63) is 78.1 Å². The fraction of sp³-hybridized carbons (Fsp3) is 0.417. The molecule has 1 saturated carbocycles. The molecular weight excluding hydrogens is 552 g/mol. The van der Waals surface area contributed by atoms with E-state index in [2.05, 4.69) is 41.9 Å².